The van der Waals surface area contributed by atoms with Gasteiger partial charge in [0.05, 0.1) is 0 Å². The van der Waals surface area contributed by atoms with Crippen LogP contribution in [-0.4, -0.2) is 66.2 Å². The number of rotatable bonds is 5. The summed E-state index contributed by atoms with van der Waals surface area (Å²) in [5.74, 6) is 0.927. The van der Waals surface area contributed by atoms with Crippen molar-refractivity contribution in [3.63, 3.8) is 0 Å². The van der Waals surface area contributed by atoms with E-state index in [4.69, 9.17) is 4.74 Å². The van der Waals surface area contributed by atoms with Crippen LogP contribution < -0.4 is 4.74 Å². The van der Waals surface area contributed by atoms with Gasteiger partial charge in [0.1, 0.15) is 18.5 Å². The molecule has 1 aromatic rings. The van der Waals surface area contributed by atoms with Crippen molar-refractivity contribution in [1.29, 1.82) is 0 Å². The summed E-state index contributed by atoms with van der Waals surface area (Å²) in [5.41, 5.74) is 2.31. The summed E-state index contributed by atoms with van der Waals surface area (Å²) in [6, 6.07) is 6.05. The molecule has 1 aliphatic heterocycles. The summed E-state index contributed by atoms with van der Waals surface area (Å²) in [6.45, 7) is 9.62. The van der Waals surface area contributed by atoms with Gasteiger partial charge in [0.15, 0.2) is 0 Å². The van der Waals surface area contributed by atoms with Crippen molar-refractivity contribution in [2.45, 2.75) is 26.9 Å². The number of aryl methyl sites for hydroxylation is 2. The van der Waals surface area contributed by atoms with Crippen LogP contribution >= 0.6 is 0 Å². The number of carbonyl (C=O) groups excluding carboxylic acids is 1. The van der Waals surface area contributed by atoms with Gasteiger partial charge in [0, 0.05) is 39.6 Å². The normalized spacial score (nSPS) is 17.4. The van der Waals surface area contributed by atoms with Crippen LogP contribution in [-0.2, 0) is 4.79 Å². The lowest BCUT2D eigenvalue weighted by Crippen LogP contribution is -2.50. The van der Waals surface area contributed by atoms with Crippen molar-refractivity contribution in [3.8, 4) is 5.75 Å². The van der Waals surface area contributed by atoms with Crippen LogP contribution in [0.15, 0.2) is 18.2 Å². The van der Waals surface area contributed by atoms with Crippen LogP contribution in [0.1, 0.15) is 18.1 Å². The number of hydrogen-bond donors (Lipinski definition) is 1. The number of amides is 1. The minimum Gasteiger partial charge on any atom is -0.491 e. The van der Waals surface area contributed by atoms with Gasteiger partial charge in [-0.25, -0.2) is 0 Å². The second-order valence-electron chi connectivity index (χ2n) is 6.09. The van der Waals surface area contributed by atoms with Gasteiger partial charge in [0.2, 0.25) is 5.91 Å². The fourth-order valence-corrected chi connectivity index (χ4v) is 2.80. The average molecular weight is 306 g/mol. The van der Waals surface area contributed by atoms with Crippen molar-refractivity contribution in [1.82, 2.24) is 9.80 Å². The van der Waals surface area contributed by atoms with Crippen molar-refractivity contribution in [2.24, 2.45) is 0 Å². The molecule has 0 bridgehead atoms. The maximum atomic E-state index is 11.3. The summed E-state index contributed by atoms with van der Waals surface area (Å²) >= 11 is 0. The fourth-order valence-electron chi connectivity index (χ4n) is 2.80. The summed E-state index contributed by atoms with van der Waals surface area (Å²) in [6.07, 6.45) is -0.523. The molecule has 0 aromatic heterocycles. The number of β-amino-alcohol motifs (C(OH)–C–C–N with tert-alkyl or cyclic N) is 1. The van der Waals surface area contributed by atoms with Gasteiger partial charge in [-0.1, -0.05) is 6.07 Å². The van der Waals surface area contributed by atoms with Gasteiger partial charge >= 0.3 is 0 Å². The highest BCUT2D eigenvalue weighted by Gasteiger charge is 2.20. The third kappa shape index (κ3) is 5.00. The van der Waals surface area contributed by atoms with E-state index >= 15 is 0 Å². The highest BCUT2D eigenvalue weighted by atomic mass is 16.5. The third-order valence-electron chi connectivity index (χ3n) is 3.92. The summed E-state index contributed by atoms with van der Waals surface area (Å²) in [5, 5.41) is 10.1. The standard InChI is InChI=1S/C17H26N2O3/c1-13-8-14(2)10-17(9-13)22-12-16(21)11-18-4-6-19(7-5-18)15(3)20/h8-10,16,21H,4-7,11-12H2,1-3H3. The van der Waals surface area contributed by atoms with E-state index in [0.717, 1.165) is 43.1 Å². The van der Waals surface area contributed by atoms with Crippen LogP contribution in [0.5, 0.6) is 5.75 Å². The number of aliphatic hydroxyl groups excluding tert-OH is 1. The van der Waals surface area contributed by atoms with E-state index in [0.29, 0.717) is 6.54 Å². The molecular weight excluding hydrogens is 280 g/mol. The summed E-state index contributed by atoms with van der Waals surface area (Å²) in [7, 11) is 0. The Kier molecular flexibility index (Phi) is 5.80. The first-order chi connectivity index (χ1) is 10.4. The monoisotopic (exact) mass is 306 g/mol. The molecule has 1 fully saturated rings. The molecule has 0 radical (unpaired) electrons. The topological polar surface area (TPSA) is 53.0 Å². The van der Waals surface area contributed by atoms with E-state index in [-0.39, 0.29) is 12.5 Å². The number of ether oxygens (including phenoxy) is 1. The second-order valence-corrected chi connectivity index (χ2v) is 6.09. The lowest BCUT2D eigenvalue weighted by molar-refractivity contribution is -0.130. The molecular formula is C17H26N2O3. The SMILES string of the molecule is CC(=O)N1CCN(CC(O)COc2cc(C)cc(C)c2)CC1. The van der Waals surface area contributed by atoms with E-state index in [9.17, 15) is 9.90 Å². The predicted molar refractivity (Wildman–Crippen MR) is 86.1 cm³/mol. The first-order valence-electron chi connectivity index (χ1n) is 7.81. The first kappa shape index (κ1) is 16.8. The molecule has 1 heterocycles. The molecule has 22 heavy (non-hydrogen) atoms. The first-order valence-corrected chi connectivity index (χ1v) is 7.81. The molecule has 1 amide bonds. The molecule has 122 valence electrons. The Balaban J connectivity index is 1.74. The van der Waals surface area contributed by atoms with Gasteiger partial charge < -0.3 is 14.7 Å². The van der Waals surface area contributed by atoms with Gasteiger partial charge in [0.25, 0.3) is 0 Å². The highest BCUT2D eigenvalue weighted by Crippen LogP contribution is 2.16. The van der Waals surface area contributed by atoms with Crippen molar-refractivity contribution in [3.05, 3.63) is 29.3 Å². The smallest absolute Gasteiger partial charge is 0.219 e. The van der Waals surface area contributed by atoms with E-state index in [1.165, 1.54) is 0 Å². The van der Waals surface area contributed by atoms with Crippen LogP contribution in [0.25, 0.3) is 0 Å². The molecule has 1 unspecified atom stereocenters. The second kappa shape index (κ2) is 7.61. The molecule has 0 spiro atoms. The molecule has 1 aliphatic rings. The van der Waals surface area contributed by atoms with Gasteiger partial charge in [-0.15, -0.1) is 0 Å². The van der Waals surface area contributed by atoms with Crippen molar-refractivity contribution in [2.75, 3.05) is 39.3 Å². The zero-order chi connectivity index (χ0) is 16.1. The van der Waals surface area contributed by atoms with Crippen molar-refractivity contribution < 1.29 is 14.6 Å². The number of aliphatic hydroxyl groups is 1. The lowest BCUT2D eigenvalue weighted by atomic mass is 10.1. The van der Waals surface area contributed by atoms with Crippen LogP contribution in [0.2, 0.25) is 0 Å². The zero-order valence-corrected chi connectivity index (χ0v) is 13.7. The zero-order valence-electron chi connectivity index (χ0n) is 13.7. The Bertz CT molecular complexity index is 490. The quantitative estimate of drug-likeness (QED) is 0.888. The van der Waals surface area contributed by atoms with Gasteiger partial charge in [-0.2, -0.15) is 0 Å². The summed E-state index contributed by atoms with van der Waals surface area (Å²) < 4.78 is 5.69. The van der Waals surface area contributed by atoms with E-state index in [2.05, 4.69) is 11.0 Å². The molecule has 5 heteroatoms. The van der Waals surface area contributed by atoms with Crippen LogP contribution in [0, 0.1) is 13.8 Å². The predicted octanol–water partition coefficient (Wildman–Crippen LogP) is 1.21. The third-order valence-corrected chi connectivity index (χ3v) is 3.92. The Labute approximate surface area is 132 Å². The van der Waals surface area contributed by atoms with Gasteiger partial charge in [-0.3, -0.25) is 9.69 Å². The Morgan fingerprint density at radius 1 is 1.18 bits per heavy atom. The molecule has 5 nitrogen and oxygen atoms in total. The molecule has 0 aliphatic carbocycles. The molecule has 2 rings (SSSR count). The van der Waals surface area contributed by atoms with Crippen LogP contribution in [0.3, 0.4) is 0 Å². The number of nitrogens with zero attached hydrogens (tertiary/aromatic N) is 2. The largest absolute Gasteiger partial charge is 0.491 e. The van der Waals surface area contributed by atoms with E-state index < -0.39 is 6.10 Å². The average Bonchev–Trinajstić information content (AvgIpc) is 2.45. The lowest BCUT2D eigenvalue weighted by Gasteiger charge is -2.35. The Morgan fingerprint density at radius 2 is 1.77 bits per heavy atom. The van der Waals surface area contributed by atoms with Gasteiger partial charge in [-0.05, 0) is 37.1 Å². The van der Waals surface area contributed by atoms with E-state index in [1.807, 2.05) is 30.9 Å². The highest BCUT2D eigenvalue weighted by molar-refractivity contribution is 5.73. The molecule has 1 saturated heterocycles. The summed E-state index contributed by atoms with van der Waals surface area (Å²) in [4.78, 5) is 15.3. The number of piperazine rings is 1. The number of benzene rings is 1. The minimum atomic E-state index is -0.523. The molecule has 1 atom stereocenters. The Morgan fingerprint density at radius 3 is 2.32 bits per heavy atom. The maximum absolute atomic E-state index is 11.3. The molecule has 1 aromatic carbocycles. The molecule has 1 N–H and O–H groups in total. The number of hydrogen-bond acceptors (Lipinski definition) is 4. The molecule has 0 saturated carbocycles. The Hall–Kier alpha value is -1.59. The van der Waals surface area contributed by atoms with Crippen LogP contribution in [0.4, 0.5) is 0 Å². The minimum absolute atomic E-state index is 0.123. The van der Waals surface area contributed by atoms with Crippen molar-refractivity contribution >= 4 is 5.91 Å². The maximum Gasteiger partial charge on any atom is 0.219 e. The fraction of sp³-hybridized carbons (Fsp3) is 0.588. The number of carbonyl (C=O) groups is 1. The van der Waals surface area contributed by atoms with E-state index in [1.54, 1.807) is 6.92 Å².